The maximum absolute atomic E-state index is 6.47. The number of nitrogens with zero attached hydrogens (tertiary/aromatic N) is 2. The highest BCUT2D eigenvalue weighted by Crippen LogP contribution is 2.37. The van der Waals surface area contributed by atoms with Crippen LogP contribution in [-0.4, -0.2) is 9.78 Å². The van der Waals surface area contributed by atoms with Gasteiger partial charge >= 0.3 is 0 Å². The van der Waals surface area contributed by atoms with Gasteiger partial charge in [-0.25, -0.2) is 0 Å². The lowest BCUT2D eigenvalue weighted by atomic mass is 10.1. The van der Waals surface area contributed by atoms with Crippen LogP contribution >= 0.6 is 54.8 Å². The Labute approximate surface area is 150 Å². The lowest BCUT2D eigenvalue weighted by Gasteiger charge is -2.16. The average Bonchev–Trinajstić information content (AvgIpc) is 2.95. The summed E-state index contributed by atoms with van der Waals surface area (Å²) in [6, 6.07) is 2.05. The zero-order chi connectivity index (χ0) is 15.6. The van der Waals surface area contributed by atoms with Crippen molar-refractivity contribution in [2.45, 2.75) is 39.3 Å². The monoisotopic (exact) mass is 454 g/mol. The van der Waals surface area contributed by atoms with Gasteiger partial charge < -0.3 is 0 Å². The Hall–Kier alpha value is 0.0800. The lowest BCUT2D eigenvalue weighted by Crippen LogP contribution is -2.30. The van der Waals surface area contributed by atoms with E-state index in [-0.39, 0.29) is 6.04 Å². The minimum absolute atomic E-state index is 0.0221. The van der Waals surface area contributed by atoms with Crippen LogP contribution in [0.25, 0.3) is 0 Å². The lowest BCUT2D eigenvalue weighted by molar-refractivity contribution is 0.516. The van der Waals surface area contributed by atoms with Crippen molar-refractivity contribution in [2.24, 2.45) is 5.84 Å². The Morgan fingerprint density at radius 1 is 1.48 bits per heavy atom. The van der Waals surface area contributed by atoms with Crippen LogP contribution in [0, 0.1) is 0 Å². The molecule has 21 heavy (non-hydrogen) atoms. The third kappa shape index (κ3) is 3.71. The topological polar surface area (TPSA) is 55.9 Å². The van der Waals surface area contributed by atoms with Gasteiger partial charge in [0.15, 0.2) is 0 Å². The molecule has 0 bridgehead atoms. The fourth-order valence-electron chi connectivity index (χ4n) is 2.25. The van der Waals surface area contributed by atoms with Gasteiger partial charge in [0.25, 0.3) is 0 Å². The third-order valence-electron chi connectivity index (χ3n) is 3.35. The molecule has 2 aromatic rings. The molecule has 0 saturated heterocycles. The van der Waals surface area contributed by atoms with E-state index in [0.29, 0.717) is 6.42 Å². The Balaban J connectivity index is 2.35. The molecule has 0 spiro atoms. The van der Waals surface area contributed by atoms with Crippen molar-refractivity contribution in [1.82, 2.24) is 15.2 Å². The van der Waals surface area contributed by atoms with Crippen molar-refractivity contribution in [3.63, 3.8) is 0 Å². The second-order valence-electron chi connectivity index (χ2n) is 4.58. The van der Waals surface area contributed by atoms with Gasteiger partial charge in [0.1, 0.15) is 0 Å². The molecule has 3 N–H and O–H groups in total. The van der Waals surface area contributed by atoms with Gasteiger partial charge in [0, 0.05) is 13.0 Å². The van der Waals surface area contributed by atoms with Crippen molar-refractivity contribution < 1.29 is 0 Å². The van der Waals surface area contributed by atoms with Crippen LogP contribution in [0.3, 0.4) is 0 Å². The van der Waals surface area contributed by atoms with Crippen molar-refractivity contribution in [1.29, 1.82) is 0 Å². The number of hydrogen-bond acceptors (Lipinski definition) is 4. The summed E-state index contributed by atoms with van der Waals surface area (Å²) in [5.74, 6) is 5.76. The molecule has 0 aliphatic heterocycles. The number of nitrogens with two attached hydrogens (primary N) is 1. The molecule has 0 saturated carbocycles. The molecule has 0 aliphatic carbocycles. The SMILES string of the molecule is CCc1nn(CC)c(CC(NN)c2cc(Br)sc2Br)c1Cl. The number of halogens is 3. The van der Waals surface area contributed by atoms with E-state index in [4.69, 9.17) is 17.4 Å². The first-order valence-corrected chi connectivity index (χ1v) is 9.44. The number of aryl methyl sites for hydroxylation is 2. The van der Waals surface area contributed by atoms with Crippen LogP contribution in [0.5, 0.6) is 0 Å². The molecule has 0 aliphatic rings. The molecule has 2 aromatic heterocycles. The molecule has 0 amide bonds. The van der Waals surface area contributed by atoms with E-state index in [2.05, 4.69) is 62.3 Å². The number of hydrogen-bond donors (Lipinski definition) is 2. The first-order valence-electron chi connectivity index (χ1n) is 6.66. The van der Waals surface area contributed by atoms with E-state index in [1.54, 1.807) is 11.3 Å². The summed E-state index contributed by atoms with van der Waals surface area (Å²) in [6.45, 7) is 4.92. The molecule has 2 heterocycles. The predicted molar refractivity (Wildman–Crippen MR) is 95.8 cm³/mol. The normalized spacial score (nSPS) is 12.9. The Morgan fingerprint density at radius 2 is 2.19 bits per heavy atom. The molecule has 2 rings (SSSR count). The maximum atomic E-state index is 6.47. The molecule has 8 heteroatoms. The largest absolute Gasteiger partial charge is 0.271 e. The first kappa shape index (κ1) is 17.4. The van der Waals surface area contributed by atoms with Crippen molar-refractivity contribution in [3.05, 3.63) is 35.6 Å². The highest BCUT2D eigenvalue weighted by molar-refractivity contribution is 9.12. The molecule has 1 unspecified atom stereocenters. The van der Waals surface area contributed by atoms with Crippen LogP contribution in [0.4, 0.5) is 0 Å². The molecule has 4 nitrogen and oxygen atoms in total. The van der Waals surface area contributed by atoms with Crippen LogP contribution in [0.1, 0.15) is 36.8 Å². The number of hydrazine groups is 1. The Bertz CT molecular complexity index is 626. The fourth-order valence-corrected chi connectivity index (χ4v) is 5.57. The fraction of sp³-hybridized carbons (Fsp3) is 0.462. The molecule has 1 atom stereocenters. The van der Waals surface area contributed by atoms with E-state index < -0.39 is 0 Å². The Kier molecular flexibility index (Phi) is 6.28. The standard InChI is InChI=1S/C13H17Br2ClN4S/c1-3-8-12(16)10(20(4-2)19-8)6-9(18-17)7-5-11(14)21-13(7)15/h5,9,18H,3-4,6,17H2,1-2H3. The summed E-state index contributed by atoms with van der Waals surface area (Å²) in [5, 5.41) is 5.31. The van der Waals surface area contributed by atoms with Crippen LogP contribution in [0.2, 0.25) is 5.02 Å². The molecular weight excluding hydrogens is 439 g/mol. The van der Waals surface area contributed by atoms with E-state index in [9.17, 15) is 0 Å². The Morgan fingerprint density at radius 3 is 2.67 bits per heavy atom. The zero-order valence-electron chi connectivity index (χ0n) is 11.8. The molecule has 0 fully saturated rings. The van der Waals surface area contributed by atoms with Crippen LogP contribution < -0.4 is 11.3 Å². The van der Waals surface area contributed by atoms with Gasteiger partial charge in [-0.1, -0.05) is 18.5 Å². The quantitative estimate of drug-likeness (QED) is 0.499. The summed E-state index contributed by atoms with van der Waals surface area (Å²) in [4.78, 5) is 0. The summed E-state index contributed by atoms with van der Waals surface area (Å²) >= 11 is 15.2. The molecule has 0 aromatic carbocycles. The van der Waals surface area contributed by atoms with Crippen LogP contribution in [0.15, 0.2) is 13.6 Å². The second-order valence-corrected chi connectivity index (χ2v) is 8.71. The summed E-state index contributed by atoms with van der Waals surface area (Å²) < 4.78 is 4.08. The highest BCUT2D eigenvalue weighted by Gasteiger charge is 2.22. The van der Waals surface area contributed by atoms with Gasteiger partial charge in [-0.05, 0) is 56.8 Å². The molecular formula is C13H17Br2ClN4S. The van der Waals surface area contributed by atoms with Gasteiger partial charge in [0.2, 0.25) is 0 Å². The zero-order valence-corrected chi connectivity index (χ0v) is 16.5. The van der Waals surface area contributed by atoms with E-state index in [1.807, 2.05) is 4.68 Å². The molecule has 116 valence electrons. The number of thiophene rings is 1. The van der Waals surface area contributed by atoms with Gasteiger partial charge in [-0.2, -0.15) is 5.10 Å². The smallest absolute Gasteiger partial charge is 0.0850 e. The van der Waals surface area contributed by atoms with E-state index in [1.165, 1.54) is 0 Å². The predicted octanol–water partition coefficient (Wildman–Crippen LogP) is 4.45. The second kappa shape index (κ2) is 7.57. The summed E-state index contributed by atoms with van der Waals surface area (Å²) in [5.41, 5.74) is 5.96. The summed E-state index contributed by atoms with van der Waals surface area (Å²) in [7, 11) is 0. The highest BCUT2D eigenvalue weighted by atomic mass is 79.9. The maximum Gasteiger partial charge on any atom is 0.0850 e. The third-order valence-corrected chi connectivity index (χ3v) is 6.17. The van der Waals surface area contributed by atoms with Crippen molar-refractivity contribution >= 4 is 54.8 Å². The number of aromatic nitrogens is 2. The van der Waals surface area contributed by atoms with Gasteiger partial charge in [-0.3, -0.25) is 16.0 Å². The average molecular weight is 457 g/mol. The van der Waals surface area contributed by atoms with Gasteiger partial charge in [0.05, 0.1) is 30.0 Å². The minimum Gasteiger partial charge on any atom is -0.271 e. The minimum atomic E-state index is -0.0221. The number of rotatable bonds is 6. The van der Waals surface area contributed by atoms with Crippen molar-refractivity contribution in [2.75, 3.05) is 0 Å². The first-order chi connectivity index (χ1) is 10.0. The summed E-state index contributed by atoms with van der Waals surface area (Å²) in [6.07, 6.45) is 1.52. The van der Waals surface area contributed by atoms with Crippen molar-refractivity contribution in [3.8, 4) is 0 Å². The van der Waals surface area contributed by atoms with E-state index >= 15 is 0 Å². The van der Waals surface area contributed by atoms with Crippen LogP contribution in [-0.2, 0) is 19.4 Å². The van der Waals surface area contributed by atoms with Gasteiger partial charge in [-0.15, -0.1) is 11.3 Å². The molecule has 0 radical (unpaired) electrons. The van der Waals surface area contributed by atoms with E-state index in [0.717, 1.165) is 42.5 Å². The number of nitrogens with one attached hydrogen (secondary N) is 1.